The molecule has 1 aliphatic heterocycles. The number of carbonyl (C=O) groups is 1. The summed E-state index contributed by atoms with van der Waals surface area (Å²) in [5, 5.41) is 7.27. The van der Waals surface area contributed by atoms with Crippen LogP contribution in [0.4, 0.5) is 10.5 Å². The van der Waals surface area contributed by atoms with Crippen LogP contribution in [0.3, 0.4) is 0 Å². The van der Waals surface area contributed by atoms with Crippen LogP contribution in [0.15, 0.2) is 41.1 Å². The van der Waals surface area contributed by atoms with Crippen LogP contribution in [0, 0.1) is 6.92 Å². The van der Waals surface area contributed by atoms with Gasteiger partial charge in [-0.2, -0.15) is 11.3 Å². The van der Waals surface area contributed by atoms with Gasteiger partial charge in [0.15, 0.2) is 0 Å². The van der Waals surface area contributed by atoms with Crippen LogP contribution in [0.25, 0.3) is 0 Å². The number of nitrogens with one attached hydrogen (secondary N) is 1. The van der Waals surface area contributed by atoms with Crippen molar-refractivity contribution >= 4 is 23.1 Å². The molecule has 0 spiro atoms. The van der Waals surface area contributed by atoms with E-state index in [0.717, 1.165) is 38.4 Å². The number of hydrogen-bond donors (Lipinski definition) is 1. The number of rotatable bonds is 3. The molecule has 0 unspecified atom stereocenters. The largest absolute Gasteiger partial charge is 0.322 e. The highest BCUT2D eigenvalue weighted by Crippen LogP contribution is 2.13. The Labute approximate surface area is 135 Å². The third kappa shape index (κ3) is 3.87. The number of thiophene rings is 1. The van der Waals surface area contributed by atoms with E-state index in [0.29, 0.717) is 0 Å². The number of piperazine rings is 1. The lowest BCUT2D eigenvalue weighted by atomic mass is 10.2. The quantitative estimate of drug-likeness (QED) is 0.942. The van der Waals surface area contributed by atoms with Gasteiger partial charge in [-0.25, -0.2) is 4.79 Å². The van der Waals surface area contributed by atoms with Gasteiger partial charge in [0.05, 0.1) is 0 Å². The fourth-order valence-corrected chi connectivity index (χ4v) is 3.25. The maximum atomic E-state index is 12.3. The Bertz CT molecular complexity index is 601. The highest BCUT2D eigenvalue weighted by Gasteiger charge is 2.21. The molecule has 2 heterocycles. The molecule has 4 nitrogen and oxygen atoms in total. The summed E-state index contributed by atoms with van der Waals surface area (Å²) < 4.78 is 0. The van der Waals surface area contributed by atoms with Gasteiger partial charge in [0.1, 0.15) is 0 Å². The van der Waals surface area contributed by atoms with Crippen molar-refractivity contribution in [2.75, 3.05) is 31.5 Å². The van der Waals surface area contributed by atoms with Crippen molar-refractivity contribution in [2.24, 2.45) is 0 Å². The molecule has 22 heavy (non-hydrogen) atoms. The molecule has 0 aliphatic carbocycles. The second-order valence-corrected chi connectivity index (χ2v) is 6.47. The molecule has 1 aromatic heterocycles. The zero-order valence-electron chi connectivity index (χ0n) is 12.8. The summed E-state index contributed by atoms with van der Waals surface area (Å²) in [5.74, 6) is 0. The summed E-state index contributed by atoms with van der Waals surface area (Å²) in [7, 11) is 0. The summed E-state index contributed by atoms with van der Waals surface area (Å²) in [5.41, 5.74) is 3.42. The molecule has 0 saturated carbocycles. The fourth-order valence-electron chi connectivity index (χ4n) is 2.59. The molecule has 2 aromatic rings. The predicted octanol–water partition coefficient (Wildman–Crippen LogP) is 3.41. The van der Waals surface area contributed by atoms with Crippen LogP contribution in [-0.2, 0) is 6.54 Å². The van der Waals surface area contributed by atoms with Crippen LogP contribution in [0.2, 0.25) is 0 Å². The molecule has 3 rings (SSSR count). The lowest BCUT2D eigenvalue weighted by Crippen LogP contribution is -2.49. The van der Waals surface area contributed by atoms with Crippen molar-refractivity contribution in [1.29, 1.82) is 0 Å². The first-order chi connectivity index (χ1) is 10.7. The SMILES string of the molecule is Cc1ccc(NC(=O)N2CCN(Cc3ccsc3)CC2)cc1. The third-order valence-corrected chi connectivity index (χ3v) is 4.68. The minimum absolute atomic E-state index is 0.000892. The second-order valence-electron chi connectivity index (χ2n) is 5.69. The number of amides is 2. The average Bonchev–Trinajstić information content (AvgIpc) is 3.03. The van der Waals surface area contributed by atoms with Crippen LogP contribution < -0.4 is 5.32 Å². The van der Waals surface area contributed by atoms with Gasteiger partial charge < -0.3 is 10.2 Å². The summed E-state index contributed by atoms with van der Waals surface area (Å²) >= 11 is 1.73. The first-order valence-corrected chi connectivity index (χ1v) is 8.51. The van der Waals surface area contributed by atoms with Crippen molar-refractivity contribution < 1.29 is 4.79 Å². The monoisotopic (exact) mass is 315 g/mol. The van der Waals surface area contributed by atoms with E-state index in [1.54, 1.807) is 11.3 Å². The number of anilines is 1. The Balaban J connectivity index is 1.48. The lowest BCUT2D eigenvalue weighted by molar-refractivity contribution is 0.143. The molecule has 5 heteroatoms. The van der Waals surface area contributed by atoms with E-state index in [1.807, 2.05) is 36.1 Å². The number of benzene rings is 1. The van der Waals surface area contributed by atoms with Crippen molar-refractivity contribution in [3.8, 4) is 0 Å². The molecular formula is C17H21N3OS. The number of nitrogens with zero attached hydrogens (tertiary/aromatic N) is 2. The van der Waals surface area contributed by atoms with Crippen molar-refractivity contribution in [2.45, 2.75) is 13.5 Å². The third-order valence-electron chi connectivity index (χ3n) is 3.95. The molecule has 1 fully saturated rings. The Morgan fingerprint density at radius 3 is 2.50 bits per heavy atom. The van der Waals surface area contributed by atoms with E-state index in [9.17, 15) is 4.79 Å². The van der Waals surface area contributed by atoms with Crippen molar-refractivity contribution in [3.63, 3.8) is 0 Å². The molecule has 116 valence electrons. The van der Waals surface area contributed by atoms with E-state index in [1.165, 1.54) is 11.1 Å². The zero-order chi connectivity index (χ0) is 15.4. The molecule has 1 aromatic carbocycles. The molecule has 0 atom stereocenters. The van der Waals surface area contributed by atoms with E-state index in [2.05, 4.69) is 27.0 Å². The molecule has 0 bridgehead atoms. The normalized spacial score (nSPS) is 15.8. The van der Waals surface area contributed by atoms with Crippen LogP contribution in [0.5, 0.6) is 0 Å². The topological polar surface area (TPSA) is 35.6 Å². The standard InChI is InChI=1S/C17H21N3OS/c1-14-2-4-16(5-3-14)18-17(21)20-9-7-19(8-10-20)12-15-6-11-22-13-15/h2-6,11,13H,7-10,12H2,1H3,(H,18,21). The Kier molecular flexibility index (Phi) is 4.75. The summed E-state index contributed by atoms with van der Waals surface area (Å²) in [6.45, 7) is 6.44. The highest BCUT2D eigenvalue weighted by molar-refractivity contribution is 7.07. The average molecular weight is 315 g/mol. The Hall–Kier alpha value is -1.85. The summed E-state index contributed by atoms with van der Waals surface area (Å²) in [4.78, 5) is 16.6. The number of urea groups is 1. The minimum Gasteiger partial charge on any atom is -0.322 e. The smallest absolute Gasteiger partial charge is 0.321 e. The molecule has 1 N–H and O–H groups in total. The number of aryl methyl sites for hydroxylation is 1. The Morgan fingerprint density at radius 2 is 1.86 bits per heavy atom. The second kappa shape index (κ2) is 6.94. The lowest BCUT2D eigenvalue weighted by Gasteiger charge is -2.34. The molecule has 0 radical (unpaired) electrons. The van der Waals surface area contributed by atoms with E-state index >= 15 is 0 Å². The first kappa shape index (κ1) is 15.1. The summed E-state index contributed by atoms with van der Waals surface area (Å²) in [6, 6.07) is 10.1. The van der Waals surface area contributed by atoms with Gasteiger partial charge in [0.2, 0.25) is 0 Å². The van der Waals surface area contributed by atoms with Gasteiger partial charge in [0.25, 0.3) is 0 Å². The van der Waals surface area contributed by atoms with Gasteiger partial charge in [-0.1, -0.05) is 17.7 Å². The van der Waals surface area contributed by atoms with Crippen molar-refractivity contribution in [3.05, 3.63) is 52.2 Å². The van der Waals surface area contributed by atoms with Gasteiger partial charge in [-0.15, -0.1) is 0 Å². The zero-order valence-corrected chi connectivity index (χ0v) is 13.6. The van der Waals surface area contributed by atoms with Crippen molar-refractivity contribution in [1.82, 2.24) is 9.80 Å². The molecule has 1 aliphatic rings. The van der Waals surface area contributed by atoms with E-state index in [-0.39, 0.29) is 6.03 Å². The minimum atomic E-state index is -0.000892. The van der Waals surface area contributed by atoms with E-state index in [4.69, 9.17) is 0 Å². The van der Waals surface area contributed by atoms with Gasteiger partial charge >= 0.3 is 6.03 Å². The molecular weight excluding hydrogens is 294 g/mol. The van der Waals surface area contributed by atoms with Crippen LogP contribution >= 0.6 is 11.3 Å². The van der Waals surface area contributed by atoms with Gasteiger partial charge in [-0.05, 0) is 41.4 Å². The number of hydrogen-bond acceptors (Lipinski definition) is 3. The van der Waals surface area contributed by atoms with Crippen LogP contribution in [0.1, 0.15) is 11.1 Å². The van der Waals surface area contributed by atoms with Gasteiger partial charge in [0, 0.05) is 38.4 Å². The first-order valence-electron chi connectivity index (χ1n) is 7.57. The van der Waals surface area contributed by atoms with E-state index < -0.39 is 0 Å². The molecule has 2 amide bonds. The predicted molar refractivity (Wildman–Crippen MR) is 91.4 cm³/mol. The van der Waals surface area contributed by atoms with Crippen LogP contribution in [-0.4, -0.2) is 42.0 Å². The molecule has 1 saturated heterocycles. The Morgan fingerprint density at radius 1 is 1.14 bits per heavy atom. The maximum absolute atomic E-state index is 12.3. The highest BCUT2D eigenvalue weighted by atomic mass is 32.1. The van der Waals surface area contributed by atoms with Gasteiger partial charge in [-0.3, -0.25) is 4.90 Å². The fraction of sp³-hybridized carbons (Fsp3) is 0.353. The number of carbonyl (C=O) groups excluding carboxylic acids is 1. The summed E-state index contributed by atoms with van der Waals surface area (Å²) in [6.07, 6.45) is 0. The maximum Gasteiger partial charge on any atom is 0.321 e.